The molecule has 0 bridgehead atoms. The molecule has 0 heterocycles. The van der Waals surface area contributed by atoms with Gasteiger partial charge < -0.3 is 20.3 Å². The molecule has 0 aliphatic heterocycles. The van der Waals surface area contributed by atoms with E-state index in [1.165, 1.54) is 54.9 Å². The van der Waals surface area contributed by atoms with Gasteiger partial charge in [-0.15, -0.1) is 93.9 Å². The van der Waals surface area contributed by atoms with E-state index >= 15 is 0 Å². The van der Waals surface area contributed by atoms with Crippen molar-refractivity contribution in [3.63, 3.8) is 0 Å². The van der Waals surface area contributed by atoms with Crippen LogP contribution in [-0.2, 0) is 25.8 Å². The van der Waals surface area contributed by atoms with Crippen LogP contribution in [0.3, 0.4) is 0 Å². The molecule has 0 aliphatic carbocycles. The Bertz CT molecular complexity index is 1470. The van der Waals surface area contributed by atoms with Gasteiger partial charge >= 0.3 is 25.8 Å². The zero-order valence-corrected chi connectivity index (χ0v) is 30.4. The summed E-state index contributed by atoms with van der Waals surface area (Å²) in [6.07, 6.45) is 0.750. The Morgan fingerprint density at radius 2 is 0.857 bits per heavy atom. The van der Waals surface area contributed by atoms with E-state index in [-0.39, 0.29) is 50.7 Å². The zero-order valence-electron chi connectivity index (χ0n) is 25.1. The Balaban J connectivity index is 0.000000361. The summed E-state index contributed by atoms with van der Waals surface area (Å²) in [6.45, 7) is 15.7. The Labute approximate surface area is 284 Å². The summed E-state index contributed by atoms with van der Waals surface area (Å²) >= 11 is 0. The Morgan fingerprint density at radius 3 is 1.17 bits per heavy atom. The molecule has 0 aromatic heterocycles. The van der Waals surface area contributed by atoms with Gasteiger partial charge in [0.25, 0.3) is 0 Å². The topological polar surface area (TPSA) is 0 Å². The van der Waals surface area contributed by atoms with Gasteiger partial charge in [-0.2, -0.15) is 12.1 Å². The standard InChI is InChI=1S/2C18H17.C3H6.2ClH.Hf/c2*1-13(2)16-11-15-9-6-10-17(18(15)12-16)14-7-4-3-5-8-14;1-3-2;;;/h2*3-13H,1-2H3;1-3H2;2*1H;/q2*-1;-2;;;+4. The van der Waals surface area contributed by atoms with Crippen LogP contribution in [0.4, 0.5) is 0 Å². The zero-order chi connectivity index (χ0) is 27.8. The van der Waals surface area contributed by atoms with Crippen LogP contribution in [0, 0.1) is 13.8 Å². The van der Waals surface area contributed by atoms with Crippen LogP contribution < -0.4 is 0 Å². The van der Waals surface area contributed by atoms with Crippen LogP contribution >= 0.6 is 24.8 Å². The van der Waals surface area contributed by atoms with Crippen molar-refractivity contribution >= 4 is 46.4 Å². The average molecular weight is 760 g/mol. The third-order valence-corrected chi connectivity index (χ3v) is 7.05. The van der Waals surface area contributed by atoms with Gasteiger partial charge in [0.15, 0.2) is 0 Å². The Morgan fingerprint density at radius 1 is 0.524 bits per heavy atom. The van der Waals surface area contributed by atoms with E-state index < -0.39 is 0 Å². The first-order chi connectivity index (χ1) is 18.9. The maximum atomic E-state index is 3.38. The minimum Gasteiger partial charge on any atom is -0.372 e. The molecule has 0 fully saturated rings. The quantitative estimate of drug-likeness (QED) is 0.124. The minimum atomic E-state index is 0. The smallest absolute Gasteiger partial charge is 0.372 e. The molecule has 0 unspecified atom stereocenters. The van der Waals surface area contributed by atoms with Crippen molar-refractivity contribution in [2.45, 2.75) is 46.0 Å². The van der Waals surface area contributed by atoms with E-state index in [0.717, 1.165) is 6.42 Å². The summed E-state index contributed by atoms with van der Waals surface area (Å²) in [7, 11) is 0. The van der Waals surface area contributed by atoms with Crippen molar-refractivity contribution in [2.24, 2.45) is 0 Å². The number of fused-ring (bicyclic) bond motifs is 2. The van der Waals surface area contributed by atoms with Crippen LogP contribution in [0.1, 0.15) is 57.1 Å². The van der Waals surface area contributed by atoms with Crippen LogP contribution in [-0.4, -0.2) is 0 Å². The normalized spacial score (nSPS) is 10.1. The van der Waals surface area contributed by atoms with Crippen molar-refractivity contribution in [2.75, 3.05) is 0 Å². The van der Waals surface area contributed by atoms with Crippen LogP contribution in [0.15, 0.2) is 121 Å². The van der Waals surface area contributed by atoms with Crippen molar-refractivity contribution in [3.05, 3.63) is 146 Å². The molecule has 6 rings (SSSR count). The third-order valence-electron chi connectivity index (χ3n) is 7.05. The van der Waals surface area contributed by atoms with E-state index in [2.05, 4.69) is 163 Å². The van der Waals surface area contributed by atoms with Crippen molar-refractivity contribution < 1.29 is 25.8 Å². The molecule has 42 heavy (non-hydrogen) atoms. The van der Waals surface area contributed by atoms with Crippen LogP contribution in [0.2, 0.25) is 0 Å². The maximum Gasteiger partial charge on any atom is 4.00 e. The van der Waals surface area contributed by atoms with Gasteiger partial charge in [0.2, 0.25) is 0 Å². The fraction of sp³-hybridized carbons (Fsp3) is 0.179. The molecular formula is C39H42Cl2Hf. The molecule has 0 radical (unpaired) electrons. The Kier molecular flexibility index (Phi) is 16.3. The SMILES string of the molecule is CC(C)c1cc2c(-c3ccccc3)cccc2[cH-]1.CC(C)c1cc2c(-c3ccccc3)cccc2[cH-]1.Cl.Cl.[CH2-]C[CH2-].[Hf+4]. The molecule has 0 spiro atoms. The molecule has 0 aliphatic rings. The number of benzene rings is 4. The molecular weight excluding hydrogens is 718 g/mol. The number of hydrogen-bond acceptors (Lipinski definition) is 0. The van der Waals surface area contributed by atoms with Crippen LogP contribution in [0.25, 0.3) is 43.8 Å². The monoisotopic (exact) mass is 760 g/mol. The van der Waals surface area contributed by atoms with Gasteiger partial charge in [-0.1, -0.05) is 112 Å². The Hall–Kier alpha value is -2.45. The fourth-order valence-corrected chi connectivity index (χ4v) is 4.92. The van der Waals surface area contributed by atoms with Gasteiger partial charge in [0.05, 0.1) is 0 Å². The molecule has 0 atom stereocenters. The predicted molar refractivity (Wildman–Crippen MR) is 188 cm³/mol. The van der Waals surface area contributed by atoms with E-state index in [4.69, 9.17) is 0 Å². The second-order valence-electron chi connectivity index (χ2n) is 10.6. The summed E-state index contributed by atoms with van der Waals surface area (Å²) < 4.78 is 0. The summed E-state index contributed by atoms with van der Waals surface area (Å²) in [6, 6.07) is 43.6. The second kappa shape index (κ2) is 18.3. The first-order valence-electron chi connectivity index (χ1n) is 14.0. The van der Waals surface area contributed by atoms with Gasteiger partial charge in [0, 0.05) is 0 Å². The van der Waals surface area contributed by atoms with Gasteiger partial charge in [0.1, 0.15) is 0 Å². The first-order valence-corrected chi connectivity index (χ1v) is 14.0. The van der Waals surface area contributed by atoms with Crippen molar-refractivity contribution in [1.29, 1.82) is 0 Å². The molecule has 0 saturated carbocycles. The second-order valence-corrected chi connectivity index (χ2v) is 10.6. The molecule has 6 aromatic rings. The average Bonchev–Trinajstić information content (AvgIpc) is 3.60. The van der Waals surface area contributed by atoms with E-state index in [1.54, 1.807) is 0 Å². The van der Waals surface area contributed by atoms with E-state index in [1.807, 2.05) is 0 Å². The maximum absolute atomic E-state index is 3.38. The van der Waals surface area contributed by atoms with Crippen molar-refractivity contribution in [3.8, 4) is 22.3 Å². The van der Waals surface area contributed by atoms with Crippen molar-refractivity contribution in [1.82, 2.24) is 0 Å². The molecule has 6 aromatic carbocycles. The van der Waals surface area contributed by atoms with E-state index in [0.29, 0.717) is 11.8 Å². The first kappa shape index (κ1) is 37.6. The molecule has 3 heteroatoms. The summed E-state index contributed by atoms with van der Waals surface area (Å²) in [4.78, 5) is 0. The predicted octanol–water partition coefficient (Wildman–Crippen LogP) is 12.6. The summed E-state index contributed by atoms with van der Waals surface area (Å²) in [5.41, 5.74) is 8.11. The van der Waals surface area contributed by atoms with Crippen LogP contribution in [0.5, 0.6) is 0 Å². The van der Waals surface area contributed by atoms with Gasteiger partial charge in [-0.25, -0.2) is 0 Å². The van der Waals surface area contributed by atoms with Gasteiger partial charge in [-0.05, 0) is 23.0 Å². The largest absolute Gasteiger partial charge is 4.00 e. The van der Waals surface area contributed by atoms with E-state index in [9.17, 15) is 0 Å². The summed E-state index contributed by atoms with van der Waals surface area (Å²) in [5.74, 6) is 1.17. The third kappa shape index (κ3) is 9.27. The fourth-order valence-electron chi connectivity index (χ4n) is 4.92. The molecule has 0 N–H and O–H groups in total. The number of hydrogen-bond donors (Lipinski definition) is 0. The number of halogens is 2. The molecule has 0 nitrogen and oxygen atoms in total. The van der Waals surface area contributed by atoms with Gasteiger partial charge in [-0.3, -0.25) is 0 Å². The summed E-state index contributed by atoms with van der Waals surface area (Å²) in [5, 5.41) is 5.43. The molecule has 0 saturated heterocycles. The number of rotatable bonds is 4. The minimum absolute atomic E-state index is 0. The molecule has 0 amide bonds. The molecule has 216 valence electrons.